The molecule has 0 aromatic heterocycles. The second kappa shape index (κ2) is 6.65. The fourth-order valence-electron chi connectivity index (χ4n) is 2.88. The van der Waals surface area contributed by atoms with Gasteiger partial charge in [-0.15, -0.1) is 6.42 Å². The van der Waals surface area contributed by atoms with Crippen molar-refractivity contribution in [1.29, 1.82) is 0 Å². The quantitative estimate of drug-likeness (QED) is 0.832. The zero-order valence-corrected chi connectivity index (χ0v) is 12.3. The van der Waals surface area contributed by atoms with Crippen LogP contribution in [0.5, 0.6) is 5.75 Å². The van der Waals surface area contributed by atoms with E-state index in [2.05, 4.69) is 23.4 Å². The Labute approximate surface area is 130 Å². The van der Waals surface area contributed by atoms with Gasteiger partial charge in [0.15, 0.2) is 0 Å². The Balaban J connectivity index is 1.62. The monoisotopic (exact) mass is 293 g/mol. The SMILES string of the molecule is C#CCOc1ccc(CN[C@@H]2c3ccccc3C[C@@H]2O)cc1. The summed E-state index contributed by atoms with van der Waals surface area (Å²) >= 11 is 0. The molecule has 0 fully saturated rings. The molecule has 0 amide bonds. The number of benzene rings is 2. The average molecular weight is 293 g/mol. The number of aliphatic hydroxyl groups excluding tert-OH is 1. The summed E-state index contributed by atoms with van der Waals surface area (Å²) in [5, 5.41) is 13.7. The summed E-state index contributed by atoms with van der Waals surface area (Å²) in [5.41, 5.74) is 3.57. The number of rotatable bonds is 5. The molecular formula is C19H19NO2. The van der Waals surface area contributed by atoms with Crippen LogP contribution in [-0.2, 0) is 13.0 Å². The lowest BCUT2D eigenvalue weighted by Crippen LogP contribution is -2.28. The first kappa shape index (κ1) is 14.6. The standard InChI is InChI=1S/C19H19NO2/c1-2-11-22-16-9-7-14(8-10-16)13-20-19-17-6-4-3-5-15(17)12-18(19)21/h1,3-10,18-21H,11-13H2/t18-,19+/m0/s1. The van der Waals surface area contributed by atoms with Crippen LogP contribution in [0.3, 0.4) is 0 Å². The Morgan fingerprint density at radius 1 is 1.18 bits per heavy atom. The lowest BCUT2D eigenvalue weighted by Gasteiger charge is -2.18. The molecule has 3 rings (SSSR count). The van der Waals surface area contributed by atoms with Crippen molar-refractivity contribution in [2.45, 2.75) is 25.1 Å². The Morgan fingerprint density at radius 2 is 1.95 bits per heavy atom. The van der Waals surface area contributed by atoms with Gasteiger partial charge in [-0.05, 0) is 28.8 Å². The number of hydrogen-bond donors (Lipinski definition) is 2. The molecule has 0 bridgehead atoms. The molecule has 1 aliphatic carbocycles. The van der Waals surface area contributed by atoms with Gasteiger partial charge < -0.3 is 15.2 Å². The van der Waals surface area contributed by atoms with E-state index in [1.807, 2.05) is 36.4 Å². The molecule has 0 heterocycles. The highest BCUT2D eigenvalue weighted by molar-refractivity contribution is 5.36. The molecule has 0 radical (unpaired) electrons. The van der Waals surface area contributed by atoms with Gasteiger partial charge in [-0.2, -0.15) is 0 Å². The van der Waals surface area contributed by atoms with Crippen LogP contribution in [0, 0.1) is 12.3 Å². The Hall–Kier alpha value is -2.28. The molecule has 0 saturated heterocycles. The van der Waals surface area contributed by atoms with Gasteiger partial charge in [0.05, 0.1) is 12.1 Å². The van der Waals surface area contributed by atoms with Gasteiger partial charge in [0.2, 0.25) is 0 Å². The number of fused-ring (bicyclic) bond motifs is 1. The third kappa shape index (κ3) is 3.14. The largest absolute Gasteiger partial charge is 0.481 e. The van der Waals surface area contributed by atoms with Crippen LogP contribution in [0.4, 0.5) is 0 Å². The third-order valence-corrected chi connectivity index (χ3v) is 3.98. The van der Waals surface area contributed by atoms with Crippen LogP contribution in [0.2, 0.25) is 0 Å². The number of hydrogen-bond acceptors (Lipinski definition) is 3. The van der Waals surface area contributed by atoms with E-state index < -0.39 is 0 Å². The molecule has 0 unspecified atom stereocenters. The van der Waals surface area contributed by atoms with Crippen LogP contribution in [0.15, 0.2) is 48.5 Å². The summed E-state index contributed by atoms with van der Waals surface area (Å²) in [6, 6.07) is 16.0. The highest BCUT2D eigenvalue weighted by Crippen LogP contribution is 2.31. The maximum Gasteiger partial charge on any atom is 0.148 e. The zero-order chi connectivity index (χ0) is 15.4. The summed E-state index contributed by atoms with van der Waals surface area (Å²) in [6.07, 6.45) is 5.52. The minimum Gasteiger partial charge on any atom is -0.481 e. The molecule has 2 N–H and O–H groups in total. The van der Waals surface area contributed by atoms with E-state index in [0.29, 0.717) is 13.0 Å². The van der Waals surface area contributed by atoms with Crippen molar-refractivity contribution < 1.29 is 9.84 Å². The minimum atomic E-state index is -0.365. The summed E-state index contributed by atoms with van der Waals surface area (Å²) in [7, 11) is 0. The van der Waals surface area contributed by atoms with E-state index >= 15 is 0 Å². The smallest absolute Gasteiger partial charge is 0.148 e. The second-order valence-electron chi connectivity index (χ2n) is 5.47. The lowest BCUT2D eigenvalue weighted by molar-refractivity contribution is 0.140. The van der Waals surface area contributed by atoms with Crippen molar-refractivity contribution in [2.75, 3.05) is 6.61 Å². The fourth-order valence-corrected chi connectivity index (χ4v) is 2.88. The van der Waals surface area contributed by atoms with Crippen molar-refractivity contribution in [3.8, 4) is 18.1 Å². The van der Waals surface area contributed by atoms with Gasteiger partial charge in [0.1, 0.15) is 12.4 Å². The molecule has 0 spiro atoms. The van der Waals surface area contributed by atoms with E-state index in [-0.39, 0.29) is 18.8 Å². The Bertz CT molecular complexity index is 673. The van der Waals surface area contributed by atoms with Crippen LogP contribution in [0.1, 0.15) is 22.7 Å². The Kier molecular flexibility index (Phi) is 4.43. The molecule has 2 atom stereocenters. The van der Waals surface area contributed by atoms with Gasteiger partial charge in [-0.3, -0.25) is 0 Å². The molecule has 3 heteroatoms. The number of ether oxygens (including phenoxy) is 1. The summed E-state index contributed by atoms with van der Waals surface area (Å²) in [6.45, 7) is 0.980. The van der Waals surface area contributed by atoms with Gasteiger partial charge in [-0.25, -0.2) is 0 Å². The average Bonchev–Trinajstić information content (AvgIpc) is 2.87. The highest BCUT2D eigenvalue weighted by atomic mass is 16.5. The van der Waals surface area contributed by atoms with E-state index in [4.69, 9.17) is 11.2 Å². The maximum absolute atomic E-state index is 10.2. The predicted molar refractivity (Wildman–Crippen MR) is 86.5 cm³/mol. The minimum absolute atomic E-state index is 0.00596. The molecule has 3 nitrogen and oxygen atoms in total. The van der Waals surface area contributed by atoms with Crippen molar-refractivity contribution in [3.63, 3.8) is 0 Å². The number of terminal acetylenes is 1. The lowest BCUT2D eigenvalue weighted by atomic mass is 10.1. The number of aliphatic hydroxyl groups is 1. The predicted octanol–water partition coefficient (Wildman–Crippen LogP) is 2.45. The molecule has 112 valence electrons. The molecule has 0 aliphatic heterocycles. The topological polar surface area (TPSA) is 41.5 Å². The molecule has 2 aromatic carbocycles. The first-order valence-electron chi connectivity index (χ1n) is 7.42. The normalized spacial score (nSPS) is 19.5. The molecule has 2 aromatic rings. The van der Waals surface area contributed by atoms with E-state index in [0.717, 1.165) is 11.3 Å². The Morgan fingerprint density at radius 3 is 2.73 bits per heavy atom. The molecular weight excluding hydrogens is 274 g/mol. The molecule has 22 heavy (non-hydrogen) atoms. The van der Waals surface area contributed by atoms with Gasteiger partial charge >= 0.3 is 0 Å². The summed E-state index contributed by atoms with van der Waals surface area (Å²) in [5.74, 6) is 3.22. The second-order valence-corrected chi connectivity index (χ2v) is 5.47. The van der Waals surface area contributed by atoms with Crippen LogP contribution < -0.4 is 10.1 Å². The van der Waals surface area contributed by atoms with Gasteiger partial charge in [0.25, 0.3) is 0 Å². The van der Waals surface area contributed by atoms with Gasteiger partial charge in [-0.1, -0.05) is 42.3 Å². The summed E-state index contributed by atoms with van der Waals surface area (Å²) < 4.78 is 5.36. The maximum atomic E-state index is 10.2. The molecule has 0 saturated carbocycles. The van der Waals surface area contributed by atoms with Crippen molar-refractivity contribution in [1.82, 2.24) is 5.32 Å². The van der Waals surface area contributed by atoms with Crippen molar-refractivity contribution in [3.05, 3.63) is 65.2 Å². The van der Waals surface area contributed by atoms with Crippen LogP contribution in [0.25, 0.3) is 0 Å². The fraction of sp³-hybridized carbons (Fsp3) is 0.263. The van der Waals surface area contributed by atoms with E-state index in [1.54, 1.807) is 0 Å². The van der Waals surface area contributed by atoms with E-state index in [9.17, 15) is 5.11 Å². The third-order valence-electron chi connectivity index (χ3n) is 3.98. The summed E-state index contributed by atoms with van der Waals surface area (Å²) in [4.78, 5) is 0. The van der Waals surface area contributed by atoms with Crippen molar-refractivity contribution >= 4 is 0 Å². The molecule has 1 aliphatic rings. The van der Waals surface area contributed by atoms with Crippen LogP contribution >= 0.6 is 0 Å². The van der Waals surface area contributed by atoms with Gasteiger partial charge in [0, 0.05) is 13.0 Å². The first-order valence-corrected chi connectivity index (χ1v) is 7.42. The van der Waals surface area contributed by atoms with Crippen LogP contribution in [-0.4, -0.2) is 17.8 Å². The van der Waals surface area contributed by atoms with Crippen molar-refractivity contribution in [2.24, 2.45) is 0 Å². The number of nitrogens with one attached hydrogen (secondary N) is 1. The highest BCUT2D eigenvalue weighted by Gasteiger charge is 2.29. The van der Waals surface area contributed by atoms with E-state index in [1.165, 1.54) is 11.1 Å². The first-order chi connectivity index (χ1) is 10.8. The zero-order valence-electron chi connectivity index (χ0n) is 12.3.